The van der Waals surface area contributed by atoms with Crippen molar-refractivity contribution < 1.29 is 23.1 Å². The van der Waals surface area contributed by atoms with Crippen LogP contribution in [0.2, 0.25) is 10.0 Å². The van der Waals surface area contributed by atoms with Crippen LogP contribution in [0.15, 0.2) is 42.6 Å². The SMILES string of the molecule is COC(=O)c1ccc(-c2cc(Cl)c(CC3CCN(C4CCc5c(cnn5S(=O)O)C4)C3=O)c(Cl)c2)cc1. The third-order valence-corrected chi connectivity index (χ3v) is 8.55. The standard InChI is InChI=1S/C26H25Cl2N3O5S/c1-36-26(33)16-4-2-15(3-5-16)18-12-22(27)21(23(28)13-18)11-17-8-9-30(25(17)32)20-6-7-24-19(10-20)14-29-31(24)37(34)35/h2-5,12-14,17,20H,6-11H2,1H3,(H,34,35). The zero-order valence-electron chi connectivity index (χ0n) is 20.0. The number of likely N-dealkylation sites (tertiary alicyclic amines) is 1. The highest BCUT2D eigenvalue weighted by atomic mass is 35.5. The van der Waals surface area contributed by atoms with Crippen LogP contribution in [0.25, 0.3) is 11.1 Å². The van der Waals surface area contributed by atoms with Crippen molar-refractivity contribution in [3.8, 4) is 11.1 Å². The molecular weight excluding hydrogens is 537 g/mol. The predicted octanol–water partition coefficient (Wildman–Crippen LogP) is 4.58. The molecule has 1 saturated heterocycles. The molecule has 3 aromatic rings. The maximum atomic E-state index is 13.3. The van der Waals surface area contributed by atoms with Crippen LogP contribution in [0.3, 0.4) is 0 Å². The summed E-state index contributed by atoms with van der Waals surface area (Å²) in [5.41, 5.74) is 4.55. The second-order valence-corrected chi connectivity index (χ2v) is 10.9. The number of benzene rings is 2. The molecule has 0 radical (unpaired) electrons. The van der Waals surface area contributed by atoms with E-state index < -0.39 is 17.2 Å². The van der Waals surface area contributed by atoms with E-state index in [1.54, 1.807) is 18.3 Å². The molecule has 1 aliphatic carbocycles. The molecule has 1 fully saturated rings. The van der Waals surface area contributed by atoms with Crippen molar-refractivity contribution in [2.75, 3.05) is 13.7 Å². The number of esters is 1. The Balaban J connectivity index is 1.28. The van der Waals surface area contributed by atoms with Gasteiger partial charge in [0.2, 0.25) is 5.91 Å². The Morgan fingerprint density at radius 2 is 1.86 bits per heavy atom. The van der Waals surface area contributed by atoms with Crippen LogP contribution < -0.4 is 0 Å². The minimum atomic E-state index is -2.18. The smallest absolute Gasteiger partial charge is 0.337 e. The van der Waals surface area contributed by atoms with Crippen molar-refractivity contribution in [2.24, 2.45) is 5.92 Å². The van der Waals surface area contributed by atoms with Gasteiger partial charge in [-0.3, -0.25) is 9.35 Å². The molecule has 37 heavy (non-hydrogen) atoms. The van der Waals surface area contributed by atoms with Gasteiger partial charge >= 0.3 is 5.97 Å². The molecule has 2 aromatic carbocycles. The van der Waals surface area contributed by atoms with Crippen molar-refractivity contribution in [3.63, 3.8) is 0 Å². The fraction of sp³-hybridized carbons (Fsp3) is 0.346. The number of methoxy groups -OCH3 is 1. The van der Waals surface area contributed by atoms with Crippen LogP contribution in [-0.4, -0.2) is 54.4 Å². The van der Waals surface area contributed by atoms with Crippen molar-refractivity contribution in [2.45, 2.75) is 38.1 Å². The number of carbonyl (C=O) groups excluding carboxylic acids is 2. The summed E-state index contributed by atoms with van der Waals surface area (Å²) in [7, 11) is 1.34. The van der Waals surface area contributed by atoms with E-state index in [2.05, 4.69) is 5.10 Å². The molecule has 1 amide bonds. The maximum Gasteiger partial charge on any atom is 0.337 e. The fourth-order valence-electron chi connectivity index (χ4n) is 5.32. The number of ether oxygens (including phenoxy) is 1. The van der Waals surface area contributed by atoms with Crippen LogP contribution in [0.5, 0.6) is 0 Å². The average molecular weight is 562 g/mol. The molecule has 0 saturated carbocycles. The van der Waals surface area contributed by atoms with Gasteiger partial charge in [0.05, 0.1) is 24.6 Å². The number of halogens is 2. The summed E-state index contributed by atoms with van der Waals surface area (Å²) in [6.45, 7) is 0.656. The second-order valence-electron chi connectivity index (χ2n) is 9.33. The van der Waals surface area contributed by atoms with Gasteiger partial charge in [0.1, 0.15) is 0 Å². The zero-order chi connectivity index (χ0) is 26.3. The molecule has 8 nitrogen and oxygen atoms in total. The lowest BCUT2D eigenvalue weighted by Gasteiger charge is -2.31. The Morgan fingerprint density at radius 3 is 2.51 bits per heavy atom. The Hall–Kier alpha value is -2.72. The topological polar surface area (TPSA) is 102 Å². The first-order valence-electron chi connectivity index (χ1n) is 11.9. The predicted molar refractivity (Wildman–Crippen MR) is 141 cm³/mol. The van der Waals surface area contributed by atoms with Gasteiger partial charge in [0, 0.05) is 28.5 Å². The van der Waals surface area contributed by atoms with Crippen LogP contribution in [0.4, 0.5) is 0 Å². The van der Waals surface area contributed by atoms with Gasteiger partial charge in [-0.05, 0) is 78.6 Å². The number of hydrogen-bond acceptors (Lipinski definition) is 5. The Morgan fingerprint density at radius 1 is 1.16 bits per heavy atom. The molecule has 11 heteroatoms. The molecule has 0 bridgehead atoms. The van der Waals surface area contributed by atoms with E-state index in [9.17, 15) is 18.4 Å². The molecule has 5 rings (SSSR count). The fourth-order valence-corrected chi connectivity index (χ4v) is 6.48. The van der Waals surface area contributed by atoms with Crippen LogP contribution >= 0.6 is 23.2 Å². The van der Waals surface area contributed by atoms with Gasteiger partial charge in [-0.15, -0.1) is 0 Å². The summed E-state index contributed by atoms with van der Waals surface area (Å²) in [5, 5.41) is 5.02. The highest BCUT2D eigenvalue weighted by molar-refractivity contribution is 7.77. The van der Waals surface area contributed by atoms with Crippen molar-refractivity contribution >= 4 is 46.3 Å². The van der Waals surface area contributed by atoms with E-state index in [0.29, 0.717) is 47.8 Å². The first-order valence-corrected chi connectivity index (χ1v) is 13.7. The number of nitrogens with zero attached hydrogens (tertiary/aromatic N) is 3. The van der Waals surface area contributed by atoms with Crippen molar-refractivity contribution in [3.05, 3.63) is 75.0 Å². The number of amides is 1. The van der Waals surface area contributed by atoms with Gasteiger partial charge in [0.25, 0.3) is 11.3 Å². The number of carbonyl (C=O) groups is 2. The molecule has 2 aliphatic rings. The molecule has 194 valence electrons. The van der Waals surface area contributed by atoms with E-state index in [1.807, 2.05) is 29.2 Å². The molecule has 1 aromatic heterocycles. The lowest BCUT2D eigenvalue weighted by atomic mass is 9.92. The summed E-state index contributed by atoms with van der Waals surface area (Å²) in [4.78, 5) is 27.0. The van der Waals surface area contributed by atoms with Gasteiger partial charge in [-0.2, -0.15) is 9.19 Å². The lowest BCUT2D eigenvalue weighted by molar-refractivity contribution is -0.133. The molecular formula is C26H25Cl2N3O5S. The van der Waals surface area contributed by atoms with E-state index in [-0.39, 0.29) is 17.9 Å². The maximum absolute atomic E-state index is 13.3. The van der Waals surface area contributed by atoms with Crippen LogP contribution in [-0.2, 0) is 40.1 Å². The molecule has 3 atom stereocenters. The minimum Gasteiger partial charge on any atom is -0.465 e. The molecule has 0 spiro atoms. The monoisotopic (exact) mass is 561 g/mol. The summed E-state index contributed by atoms with van der Waals surface area (Å²) < 4.78 is 26.7. The average Bonchev–Trinajstić information content (AvgIpc) is 3.48. The minimum absolute atomic E-state index is 0.0380. The van der Waals surface area contributed by atoms with Crippen LogP contribution in [0.1, 0.15) is 40.0 Å². The summed E-state index contributed by atoms with van der Waals surface area (Å²) in [6, 6.07) is 10.7. The van der Waals surface area contributed by atoms with E-state index in [0.717, 1.165) is 38.5 Å². The largest absolute Gasteiger partial charge is 0.465 e. The van der Waals surface area contributed by atoms with Gasteiger partial charge in [-0.25, -0.2) is 9.00 Å². The van der Waals surface area contributed by atoms with Crippen molar-refractivity contribution in [1.29, 1.82) is 0 Å². The molecule has 1 aliphatic heterocycles. The first kappa shape index (κ1) is 25.9. The number of rotatable bonds is 6. The summed E-state index contributed by atoms with van der Waals surface area (Å²) >= 11 is 11.1. The van der Waals surface area contributed by atoms with Gasteiger partial charge < -0.3 is 9.64 Å². The normalized spacial score (nSPS) is 20.1. The Kier molecular flexibility index (Phi) is 7.40. The highest BCUT2D eigenvalue weighted by Gasteiger charge is 2.38. The van der Waals surface area contributed by atoms with Crippen molar-refractivity contribution in [1.82, 2.24) is 14.1 Å². The third kappa shape index (κ3) is 5.05. The Labute approximate surface area is 226 Å². The first-order chi connectivity index (χ1) is 17.8. The number of hydrogen-bond donors (Lipinski definition) is 1. The number of aromatic nitrogens is 2. The molecule has 1 N–H and O–H groups in total. The van der Waals surface area contributed by atoms with E-state index in [4.69, 9.17) is 27.9 Å². The second kappa shape index (κ2) is 10.6. The highest BCUT2D eigenvalue weighted by Crippen LogP contribution is 2.36. The number of fused-ring (bicyclic) bond motifs is 1. The summed E-state index contributed by atoms with van der Waals surface area (Å²) in [6.07, 6.45) is 4.73. The van der Waals surface area contributed by atoms with Crippen LogP contribution in [0, 0.1) is 5.92 Å². The van der Waals surface area contributed by atoms with Gasteiger partial charge in [0.15, 0.2) is 0 Å². The molecule has 2 heterocycles. The van der Waals surface area contributed by atoms with Gasteiger partial charge in [-0.1, -0.05) is 35.3 Å². The van der Waals surface area contributed by atoms with E-state index in [1.165, 1.54) is 7.11 Å². The zero-order valence-corrected chi connectivity index (χ0v) is 22.4. The summed E-state index contributed by atoms with van der Waals surface area (Å²) in [5.74, 6) is -0.533. The lowest BCUT2D eigenvalue weighted by Crippen LogP contribution is -2.41. The third-order valence-electron chi connectivity index (χ3n) is 7.26. The quantitative estimate of drug-likeness (QED) is 0.349. The Bertz CT molecular complexity index is 1370. The molecule has 3 unspecified atom stereocenters. The van der Waals surface area contributed by atoms with E-state index >= 15 is 0 Å².